The van der Waals surface area contributed by atoms with Crippen LogP contribution in [-0.2, 0) is 14.4 Å². The molecule has 0 spiro atoms. The second kappa shape index (κ2) is 6.94. The van der Waals surface area contributed by atoms with Crippen LogP contribution in [0.4, 0.5) is 0 Å². The van der Waals surface area contributed by atoms with E-state index in [2.05, 4.69) is 21.0 Å². The van der Waals surface area contributed by atoms with Crippen LogP contribution in [0.3, 0.4) is 0 Å². The minimum Gasteiger partial charge on any atom is -0.274 e. The number of amides is 4. The fourth-order valence-corrected chi connectivity index (χ4v) is 4.69. The molecule has 2 bridgehead atoms. The number of hydrogen-bond acceptors (Lipinski definition) is 5. The van der Waals surface area contributed by atoms with Crippen molar-refractivity contribution >= 4 is 23.6 Å². The molecule has 4 amide bonds. The second-order valence-electron chi connectivity index (χ2n) is 7.80. The van der Waals surface area contributed by atoms with Crippen molar-refractivity contribution in [3.8, 4) is 11.3 Å². The zero-order valence-corrected chi connectivity index (χ0v) is 15.9. The average molecular weight is 405 g/mol. The quantitative estimate of drug-likeness (QED) is 0.391. The van der Waals surface area contributed by atoms with Crippen LogP contribution >= 0.6 is 0 Å². The van der Waals surface area contributed by atoms with Gasteiger partial charge in [-0.15, -0.1) is 0 Å². The van der Waals surface area contributed by atoms with Gasteiger partial charge in [0.2, 0.25) is 11.8 Å². The number of carbonyl (C=O) groups is 4. The van der Waals surface area contributed by atoms with E-state index in [1.165, 1.54) is 0 Å². The molecule has 30 heavy (non-hydrogen) atoms. The third-order valence-corrected chi connectivity index (χ3v) is 6.07. The first kappa shape index (κ1) is 18.3. The minimum atomic E-state index is -0.645. The molecule has 5 rings (SSSR count). The van der Waals surface area contributed by atoms with Crippen LogP contribution in [-0.4, -0.2) is 45.3 Å². The number of benzene rings is 1. The van der Waals surface area contributed by atoms with Crippen molar-refractivity contribution in [2.45, 2.75) is 6.42 Å². The Balaban J connectivity index is 1.17. The largest absolute Gasteiger partial charge is 0.287 e. The maximum Gasteiger partial charge on any atom is 0.287 e. The molecule has 1 saturated heterocycles. The number of aromatic amines is 1. The number of fused-ring (bicyclic) bond motifs is 5. The summed E-state index contributed by atoms with van der Waals surface area (Å²) >= 11 is 0. The smallest absolute Gasteiger partial charge is 0.274 e. The van der Waals surface area contributed by atoms with Gasteiger partial charge in [0, 0.05) is 5.56 Å². The minimum absolute atomic E-state index is 0.0865. The van der Waals surface area contributed by atoms with Crippen LogP contribution in [0, 0.1) is 23.7 Å². The van der Waals surface area contributed by atoms with Gasteiger partial charge in [0.25, 0.3) is 11.8 Å². The molecule has 9 heteroatoms. The van der Waals surface area contributed by atoms with Crippen LogP contribution in [0.5, 0.6) is 0 Å². The van der Waals surface area contributed by atoms with E-state index in [0.717, 1.165) is 16.9 Å². The lowest BCUT2D eigenvalue weighted by Crippen LogP contribution is -2.48. The molecule has 2 aliphatic carbocycles. The number of hydrogen-bond donors (Lipinski definition) is 3. The number of carbonyl (C=O) groups excluding carboxylic acids is 4. The number of nitrogens with one attached hydrogen (secondary N) is 3. The molecule has 2 aromatic rings. The van der Waals surface area contributed by atoms with Crippen molar-refractivity contribution in [1.29, 1.82) is 0 Å². The molecule has 0 radical (unpaired) electrons. The second-order valence-corrected chi connectivity index (χ2v) is 7.80. The first-order chi connectivity index (χ1) is 14.5. The van der Waals surface area contributed by atoms with Gasteiger partial charge in [-0.3, -0.25) is 40.0 Å². The first-order valence-electron chi connectivity index (χ1n) is 9.76. The molecular formula is C21H19N5O4. The molecule has 152 valence electrons. The molecule has 1 aromatic carbocycles. The Labute approximate surface area is 171 Å². The molecule has 1 saturated carbocycles. The number of likely N-dealkylation sites (tertiary alicyclic amines) is 1. The molecule has 1 aliphatic heterocycles. The van der Waals surface area contributed by atoms with Crippen molar-refractivity contribution in [1.82, 2.24) is 25.9 Å². The van der Waals surface area contributed by atoms with Crippen molar-refractivity contribution in [2.75, 3.05) is 6.54 Å². The first-order valence-corrected chi connectivity index (χ1v) is 9.76. The van der Waals surface area contributed by atoms with Crippen molar-refractivity contribution in [2.24, 2.45) is 23.7 Å². The molecule has 0 unspecified atom stereocenters. The molecule has 9 nitrogen and oxygen atoms in total. The summed E-state index contributed by atoms with van der Waals surface area (Å²) in [5.41, 5.74) is 6.13. The molecule has 3 aliphatic rings. The van der Waals surface area contributed by atoms with Gasteiger partial charge < -0.3 is 0 Å². The van der Waals surface area contributed by atoms with E-state index in [9.17, 15) is 19.2 Å². The number of nitrogens with zero attached hydrogens (tertiary/aromatic N) is 2. The van der Waals surface area contributed by atoms with Crippen molar-refractivity contribution in [3.63, 3.8) is 0 Å². The van der Waals surface area contributed by atoms with E-state index in [4.69, 9.17) is 0 Å². The van der Waals surface area contributed by atoms with E-state index in [0.29, 0.717) is 5.69 Å². The number of hydrazine groups is 1. The summed E-state index contributed by atoms with van der Waals surface area (Å²) < 4.78 is 0. The summed E-state index contributed by atoms with van der Waals surface area (Å²) in [7, 11) is 0. The topological polar surface area (TPSA) is 124 Å². The summed E-state index contributed by atoms with van der Waals surface area (Å²) in [5.74, 6) is -2.36. The Morgan fingerprint density at radius 2 is 1.70 bits per heavy atom. The summed E-state index contributed by atoms with van der Waals surface area (Å²) in [5, 5.41) is 6.71. The highest BCUT2D eigenvalue weighted by molar-refractivity contribution is 6.08. The number of H-pyrrole nitrogens is 1. The van der Waals surface area contributed by atoms with Gasteiger partial charge in [-0.05, 0) is 24.3 Å². The van der Waals surface area contributed by atoms with E-state index in [-0.39, 0.29) is 41.2 Å². The van der Waals surface area contributed by atoms with E-state index in [1.54, 1.807) is 6.07 Å². The molecule has 4 atom stereocenters. The summed E-state index contributed by atoms with van der Waals surface area (Å²) in [4.78, 5) is 50.7. The third kappa shape index (κ3) is 2.90. The fourth-order valence-electron chi connectivity index (χ4n) is 4.69. The SMILES string of the molecule is O=C(CN1C(=O)[C@@H]2[C@@H](C1=O)[C@H]1C=C[C@H]2C1)NNC(=O)c1cc(-c2ccccc2)n[nH]1. The molecule has 3 N–H and O–H groups in total. The summed E-state index contributed by atoms with van der Waals surface area (Å²) in [6.45, 7) is -0.414. The maximum atomic E-state index is 12.6. The third-order valence-electron chi connectivity index (χ3n) is 6.07. The number of aromatic nitrogens is 2. The van der Waals surface area contributed by atoms with Gasteiger partial charge in [-0.25, -0.2) is 0 Å². The zero-order chi connectivity index (χ0) is 20.8. The predicted octanol–water partition coefficient (Wildman–Crippen LogP) is 0.645. The van der Waals surface area contributed by atoms with Gasteiger partial charge in [0.15, 0.2) is 0 Å². The highest BCUT2D eigenvalue weighted by Crippen LogP contribution is 2.52. The predicted molar refractivity (Wildman–Crippen MR) is 104 cm³/mol. The fraction of sp³-hybridized carbons (Fsp3) is 0.286. The van der Waals surface area contributed by atoms with Crippen LogP contribution in [0.2, 0.25) is 0 Å². The van der Waals surface area contributed by atoms with Gasteiger partial charge >= 0.3 is 0 Å². The molecule has 1 aromatic heterocycles. The number of imide groups is 1. The van der Waals surface area contributed by atoms with Gasteiger partial charge in [-0.1, -0.05) is 42.5 Å². The van der Waals surface area contributed by atoms with Gasteiger partial charge in [-0.2, -0.15) is 5.10 Å². The number of allylic oxidation sites excluding steroid dienone is 2. The Morgan fingerprint density at radius 1 is 1.03 bits per heavy atom. The summed E-state index contributed by atoms with van der Waals surface area (Å²) in [6, 6.07) is 10.9. The lowest BCUT2D eigenvalue weighted by atomic mass is 9.85. The highest BCUT2D eigenvalue weighted by atomic mass is 16.2. The summed E-state index contributed by atoms with van der Waals surface area (Å²) in [6.07, 6.45) is 4.82. The number of rotatable bonds is 4. The standard InChI is InChI=1S/C21H19N5O4/c27-16(10-26-20(29)17-12-6-7-13(8-12)18(17)21(26)30)24-25-19(28)15-9-14(22-23-15)11-4-2-1-3-5-11/h1-7,9,12-13,17-18H,8,10H2,(H,22,23)(H,24,27)(H,25,28)/t12-,13-,17-,18-/m0/s1. The Morgan fingerprint density at radius 3 is 2.37 bits per heavy atom. The Kier molecular flexibility index (Phi) is 4.23. The monoisotopic (exact) mass is 405 g/mol. The Hall–Kier alpha value is -3.75. The zero-order valence-electron chi connectivity index (χ0n) is 15.9. The van der Waals surface area contributed by atoms with Crippen LogP contribution < -0.4 is 10.9 Å². The van der Waals surface area contributed by atoms with Gasteiger partial charge in [0.05, 0.1) is 17.5 Å². The van der Waals surface area contributed by atoms with E-state index >= 15 is 0 Å². The van der Waals surface area contributed by atoms with Gasteiger partial charge in [0.1, 0.15) is 12.2 Å². The average Bonchev–Trinajstić information content (AvgIpc) is 3.54. The van der Waals surface area contributed by atoms with Crippen LogP contribution in [0.15, 0.2) is 48.6 Å². The van der Waals surface area contributed by atoms with E-state index in [1.807, 2.05) is 42.5 Å². The van der Waals surface area contributed by atoms with Crippen molar-refractivity contribution < 1.29 is 19.2 Å². The van der Waals surface area contributed by atoms with Crippen LogP contribution in [0.25, 0.3) is 11.3 Å². The maximum absolute atomic E-state index is 12.6. The van der Waals surface area contributed by atoms with Crippen molar-refractivity contribution in [3.05, 3.63) is 54.2 Å². The highest BCUT2D eigenvalue weighted by Gasteiger charge is 2.59. The normalized spacial score (nSPS) is 26.2. The lowest BCUT2D eigenvalue weighted by molar-refractivity contribution is -0.144. The lowest BCUT2D eigenvalue weighted by Gasteiger charge is -2.16. The molecule has 2 fully saturated rings. The van der Waals surface area contributed by atoms with E-state index < -0.39 is 18.4 Å². The Bertz CT molecular complexity index is 1050. The van der Waals surface area contributed by atoms with Crippen LogP contribution in [0.1, 0.15) is 16.9 Å². The molecule has 2 heterocycles. The molecular weight excluding hydrogens is 386 g/mol.